The molecule has 0 atom stereocenters. The van der Waals surface area contributed by atoms with Crippen molar-refractivity contribution in [2.24, 2.45) is 0 Å². The molecule has 0 radical (unpaired) electrons. The maximum absolute atomic E-state index is 12.5. The third-order valence-electron chi connectivity index (χ3n) is 3.19. The van der Waals surface area contributed by atoms with Crippen LogP contribution in [-0.4, -0.2) is 26.1 Å². The van der Waals surface area contributed by atoms with Crippen LogP contribution in [0.4, 0.5) is 0 Å². The highest BCUT2D eigenvalue weighted by Crippen LogP contribution is 2.32. The van der Waals surface area contributed by atoms with E-state index in [4.69, 9.17) is 9.47 Å². The SMILES string of the molecule is C=C(Oc1ccc(S(=O)(=O)c2ccccc2)cc1O)C(=O)OCCC. The Balaban J connectivity index is 2.21. The number of hydrogen-bond acceptors (Lipinski definition) is 6. The van der Waals surface area contributed by atoms with E-state index in [9.17, 15) is 18.3 Å². The molecule has 0 fully saturated rings. The van der Waals surface area contributed by atoms with Crippen LogP contribution in [0.3, 0.4) is 0 Å². The average Bonchev–Trinajstić information content (AvgIpc) is 2.61. The molecule has 0 aromatic heterocycles. The minimum Gasteiger partial charge on any atom is -0.504 e. The van der Waals surface area contributed by atoms with Crippen molar-refractivity contribution in [2.45, 2.75) is 23.1 Å². The van der Waals surface area contributed by atoms with Gasteiger partial charge in [-0.15, -0.1) is 0 Å². The monoisotopic (exact) mass is 362 g/mol. The molecule has 0 saturated heterocycles. The second kappa shape index (κ2) is 7.85. The molecular formula is C18H18O6S. The van der Waals surface area contributed by atoms with E-state index in [0.717, 1.165) is 6.07 Å². The van der Waals surface area contributed by atoms with Gasteiger partial charge in [-0.25, -0.2) is 13.2 Å². The van der Waals surface area contributed by atoms with Gasteiger partial charge in [-0.2, -0.15) is 0 Å². The van der Waals surface area contributed by atoms with Gasteiger partial charge >= 0.3 is 5.97 Å². The summed E-state index contributed by atoms with van der Waals surface area (Å²) in [5.41, 5.74) is 0. The zero-order valence-electron chi connectivity index (χ0n) is 13.6. The summed E-state index contributed by atoms with van der Waals surface area (Å²) in [5, 5.41) is 10.0. The van der Waals surface area contributed by atoms with Crippen molar-refractivity contribution in [2.75, 3.05) is 6.61 Å². The summed E-state index contributed by atoms with van der Waals surface area (Å²) in [6, 6.07) is 11.4. The topological polar surface area (TPSA) is 89.9 Å². The number of carbonyl (C=O) groups is 1. The number of carbonyl (C=O) groups excluding carboxylic acids is 1. The van der Waals surface area contributed by atoms with E-state index in [1.807, 2.05) is 6.92 Å². The largest absolute Gasteiger partial charge is 0.504 e. The summed E-state index contributed by atoms with van der Waals surface area (Å²) in [7, 11) is -3.76. The molecule has 0 bridgehead atoms. The molecule has 0 saturated carbocycles. The zero-order valence-corrected chi connectivity index (χ0v) is 14.5. The molecule has 0 aliphatic carbocycles. The van der Waals surface area contributed by atoms with E-state index in [-0.39, 0.29) is 27.9 Å². The smallest absolute Gasteiger partial charge is 0.373 e. The summed E-state index contributed by atoms with van der Waals surface area (Å²) in [6.07, 6.45) is 0.649. The molecule has 0 amide bonds. The Bertz CT molecular complexity index is 872. The Morgan fingerprint density at radius 3 is 2.40 bits per heavy atom. The van der Waals surface area contributed by atoms with Gasteiger partial charge in [0.05, 0.1) is 16.4 Å². The number of hydrogen-bond donors (Lipinski definition) is 1. The van der Waals surface area contributed by atoms with Crippen molar-refractivity contribution in [1.82, 2.24) is 0 Å². The van der Waals surface area contributed by atoms with Gasteiger partial charge in [-0.1, -0.05) is 25.1 Å². The van der Waals surface area contributed by atoms with Crippen molar-refractivity contribution in [3.8, 4) is 11.5 Å². The Labute approximate surface area is 146 Å². The molecule has 2 rings (SSSR count). The summed E-state index contributed by atoms with van der Waals surface area (Å²) < 4.78 is 35.0. The average molecular weight is 362 g/mol. The van der Waals surface area contributed by atoms with E-state index in [2.05, 4.69) is 6.58 Å². The minimum atomic E-state index is -3.76. The Morgan fingerprint density at radius 2 is 1.80 bits per heavy atom. The number of rotatable bonds is 7. The molecule has 1 N–H and O–H groups in total. The van der Waals surface area contributed by atoms with Crippen LogP contribution in [0, 0.1) is 0 Å². The van der Waals surface area contributed by atoms with Gasteiger partial charge in [0.25, 0.3) is 0 Å². The van der Waals surface area contributed by atoms with E-state index < -0.39 is 21.6 Å². The van der Waals surface area contributed by atoms with E-state index in [1.54, 1.807) is 18.2 Å². The summed E-state index contributed by atoms with van der Waals surface area (Å²) in [5.74, 6) is -1.57. The van der Waals surface area contributed by atoms with Gasteiger partial charge in [0.1, 0.15) is 0 Å². The van der Waals surface area contributed by atoms with Crippen molar-refractivity contribution in [3.63, 3.8) is 0 Å². The molecule has 0 aliphatic rings. The molecule has 7 heteroatoms. The fourth-order valence-electron chi connectivity index (χ4n) is 1.94. The molecule has 0 heterocycles. The first-order valence-corrected chi connectivity index (χ1v) is 9.01. The van der Waals surface area contributed by atoms with E-state index in [1.165, 1.54) is 24.3 Å². The van der Waals surface area contributed by atoms with Gasteiger partial charge in [-0.05, 0) is 37.3 Å². The standard InChI is InChI=1S/C18H18O6S/c1-3-11-23-18(20)13(2)24-17-10-9-15(12-16(17)19)25(21,22)14-7-5-4-6-8-14/h4-10,12,19H,2-3,11H2,1H3. The van der Waals surface area contributed by atoms with Crippen molar-refractivity contribution in [1.29, 1.82) is 0 Å². The second-order valence-corrected chi connectivity index (χ2v) is 7.06. The highest BCUT2D eigenvalue weighted by Gasteiger charge is 2.20. The lowest BCUT2D eigenvalue weighted by molar-refractivity contribution is -0.141. The quantitative estimate of drug-likeness (QED) is 0.462. The lowest BCUT2D eigenvalue weighted by Crippen LogP contribution is -2.12. The molecule has 25 heavy (non-hydrogen) atoms. The van der Waals surface area contributed by atoms with Crippen molar-refractivity contribution in [3.05, 3.63) is 60.9 Å². The Hall–Kier alpha value is -2.80. The van der Waals surface area contributed by atoms with Crippen molar-refractivity contribution >= 4 is 15.8 Å². The molecule has 2 aromatic carbocycles. The first-order valence-electron chi connectivity index (χ1n) is 7.53. The number of benzene rings is 2. The fourth-order valence-corrected chi connectivity index (χ4v) is 3.24. The van der Waals surface area contributed by atoms with Gasteiger partial charge < -0.3 is 14.6 Å². The number of sulfone groups is 1. The maximum Gasteiger partial charge on any atom is 0.373 e. The second-order valence-electron chi connectivity index (χ2n) is 5.11. The third-order valence-corrected chi connectivity index (χ3v) is 4.96. The van der Waals surface area contributed by atoms with Crippen LogP contribution in [0.2, 0.25) is 0 Å². The predicted octanol–water partition coefficient (Wildman–Crippen LogP) is 3.07. The highest BCUT2D eigenvalue weighted by atomic mass is 32.2. The molecule has 0 unspecified atom stereocenters. The lowest BCUT2D eigenvalue weighted by atomic mass is 10.3. The van der Waals surface area contributed by atoms with Crippen LogP contribution in [0.1, 0.15) is 13.3 Å². The Morgan fingerprint density at radius 1 is 1.12 bits per heavy atom. The summed E-state index contributed by atoms with van der Waals surface area (Å²) >= 11 is 0. The van der Waals surface area contributed by atoms with Gasteiger partial charge in [0, 0.05) is 6.07 Å². The fraction of sp³-hybridized carbons (Fsp3) is 0.167. The highest BCUT2D eigenvalue weighted by molar-refractivity contribution is 7.91. The normalized spacial score (nSPS) is 10.9. The molecule has 6 nitrogen and oxygen atoms in total. The van der Waals surface area contributed by atoms with Crippen LogP contribution in [-0.2, 0) is 19.4 Å². The van der Waals surface area contributed by atoms with Crippen LogP contribution < -0.4 is 4.74 Å². The lowest BCUT2D eigenvalue weighted by Gasteiger charge is -2.11. The molecule has 2 aromatic rings. The molecular weight excluding hydrogens is 344 g/mol. The van der Waals surface area contributed by atoms with Gasteiger partial charge in [0.2, 0.25) is 15.6 Å². The van der Waals surface area contributed by atoms with Crippen LogP contribution in [0.25, 0.3) is 0 Å². The first-order chi connectivity index (χ1) is 11.9. The summed E-state index contributed by atoms with van der Waals surface area (Å²) in [6.45, 7) is 5.50. The van der Waals surface area contributed by atoms with E-state index >= 15 is 0 Å². The number of esters is 1. The van der Waals surface area contributed by atoms with E-state index in [0.29, 0.717) is 6.42 Å². The van der Waals surface area contributed by atoms with Crippen LogP contribution >= 0.6 is 0 Å². The minimum absolute atomic E-state index is 0.0922. The zero-order chi connectivity index (χ0) is 18.4. The predicted molar refractivity (Wildman–Crippen MR) is 91.0 cm³/mol. The van der Waals surface area contributed by atoms with Crippen LogP contribution in [0.15, 0.2) is 70.7 Å². The number of phenols is 1. The van der Waals surface area contributed by atoms with Gasteiger partial charge in [-0.3, -0.25) is 0 Å². The summed E-state index contributed by atoms with van der Waals surface area (Å²) in [4.78, 5) is 11.6. The van der Waals surface area contributed by atoms with Crippen LogP contribution in [0.5, 0.6) is 11.5 Å². The number of ether oxygens (including phenoxy) is 2. The third kappa shape index (κ3) is 4.39. The molecule has 0 spiro atoms. The van der Waals surface area contributed by atoms with Crippen molar-refractivity contribution < 1.29 is 27.8 Å². The number of aromatic hydroxyl groups is 1. The van der Waals surface area contributed by atoms with Gasteiger partial charge in [0.15, 0.2) is 11.5 Å². The Kier molecular flexibility index (Phi) is 5.82. The first kappa shape index (κ1) is 18.5. The molecule has 0 aliphatic heterocycles. The molecule has 132 valence electrons. The maximum atomic E-state index is 12.5. The number of phenolic OH excluding ortho intramolecular Hbond substituents is 1.